The highest BCUT2D eigenvalue weighted by molar-refractivity contribution is 6.03. The van der Waals surface area contributed by atoms with Crippen molar-refractivity contribution in [3.63, 3.8) is 0 Å². The summed E-state index contributed by atoms with van der Waals surface area (Å²) >= 11 is 0. The van der Waals surface area contributed by atoms with E-state index in [1.54, 1.807) is 26.4 Å². The minimum absolute atomic E-state index is 0.174. The van der Waals surface area contributed by atoms with E-state index in [-0.39, 0.29) is 11.2 Å². The maximum atomic E-state index is 12.8. The van der Waals surface area contributed by atoms with Crippen molar-refractivity contribution in [3.8, 4) is 11.5 Å². The van der Waals surface area contributed by atoms with Gasteiger partial charge in [-0.1, -0.05) is 6.42 Å². The molecule has 0 radical (unpaired) electrons. The van der Waals surface area contributed by atoms with Crippen LogP contribution in [-0.2, 0) is 0 Å². The number of methoxy groups -OCH3 is 2. The number of Topliss-reactive ketones (excluding diaryl/α,β-unsaturated/α-hetero) is 1. The maximum absolute atomic E-state index is 12.8. The molecule has 0 unspecified atom stereocenters. The van der Waals surface area contributed by atoms with Crippen LogP contribution in [0.1, 0.15) is 29.6 Å². The van der Waals surface area contributed by atoms with Crippen molar-refractivity contribution in [1.82, 2.24) is 5.32 Å². The summed E-state index contributed by atoms with van der Waals surface area (Å²) in [6, 6.07) is 5.37. The van der Waals surface area contributed by atoms with Crippen molar-refractivity contribution in [2.45, 2.75) is 19.3 Å². The van der Waals surface area contributed by atoms with E-state index in [0.717, 1.165) is 25.8 Å². The summed E-state index contributed by atoms with van der Waals surface area (Å²) in [5, 5.41) is 3.13. The fourth-order valence-electron chi connectivity index (χ4n) is 2.70. The molecule has 0 amide bonds. The van der Waals surface area contributed by atoms with Gasteiger partial charge in [0, 0.05) is 18.0 Å². The minimum Gasteiger partial charge on any atom is -0.497 e. The highest BCUT2D eigenvalue weighted by Gasteiger charge is 2.44. The van der Waals surface area contributed by atoms with Gasteiger partial charge in [-0.3, -0.25) is 4.79 Å². The van der Waals surface area contributed by atoms with Crippen LogP contribution in [0.15, 0.2) is 18.2 Å². The summed E-state index contributed by atoms with van der Waals surface area (Å²) in [5.41, 5.74) is 0.398. The lowest BCUT2D eigenvalue weighted by molar-refractivity contribution is 0.0611. The van der Waals surface area contributed by atoms with Gasteiger partial charge in [0.1, 0.15) is 11.5 Å². The van der Waals surface area contributed by atoms with Gasteiger partial charge in [-0.05, 0) is 32.0 Å². The first kappa shape index (κ1) is 13.9. The predicted molar refractivity (Wildman–Crippen MR) is 74.1 cm³/mol. The molecule has 1 saturated carbocycles. The fraction of sp³-hybridized carbons (Fsp3) is 0.533. The molecule has 19 heavy (non-hydrogen) atoms. The Morgan fingerprint density at radius 1 is 1.32 bits per heavy atom. The molecule has 0 aromatic heterocycles. The van der Waals surface area contributed by atoms with E-state index in [1.165, 1.54) is 0 Å². The zero-order chi connectivity index (χ0) is 13.9. The quantitative estimate of drug-likeness (QED) is 0.800. The van der Waals surface area contributed by atoms with Crippen molar-refractivity contribution in [1.29, 1.82) is 0 Å². The van der Waals surface area contributed by atoms with Crippen molar-refractivity contribution in [3.05, 3.63) is 23.8 Å². The van der Waals surface area contributed by atoms with Crippen LogP contribution >= 0.6 is 0 Å². The van der Waals surface area contributed by atoms with Crippen molar-refractivity contribution in [2.75, 3.05) is 27.8 Å². The Bertz CT molecular complexity index is 466. The van der Waals surface area contributed by atoms with E-state index in [9.17, 15) is 4.79 Å². The summed E-state index contributed by atoms with van der Waals surface area (Å²) in [4.78, 5) is 12.8. The normalized spacial score (nSPS) is 16.6. The lowest BCUT2D eigenvalue weighted by Gasteiger charge is -2.40. The summed E-state index contributed by atoms with van der Waals surface area (Å²) in [6.07, 6.45) is 3.01. The number of nitrogens with one attached hydrogen (secondary N) is 1. The standard InChI is InChI=1S/C15H21NO3/c1-16-10-15(7-4-8-15)14(17)12-6-5-11(18-2)9-13(12)19-3/h5-6,9,16H,4,7-8,10H2,1-3H3. The van der Waals surface area contributed by atoms with Gasteiger partial charge in [-0.25, -0.2) is 0 Å². The highest BCUT2D eigenvalue weighted by Crippen LogP contribution is 2.44. The number of ether oxygens (including phenoxy) is 2. The van der Waals surface area contributed by atoms with Crippen LogP contribution < -0.4 is 14.8 Å². The average molecular weight is 263 g/mol. The number of benzene rings is 1. The summed E-state index contributed by atoms with van der Waals surface area (Å²) < 4.78 is 10.5. The van der Waals surface area contributed by atoms with Gasteiger partial charge >= 0.3 is 0 Å². The van der Waals surface area contributed by atoms with Crippen LogP contribution in [0.3, 0.4) is 0 Å². The number of hydrogen-bond donors (Lipinski definition) is 1. The number of rotatable bonds is 6. The lowest BCUT2D eigenvalue weighted by Crippen LogP contribution is -2.45. The Hall–Kier alpha value is -1.55. The molecule has 1 aromatic rings. The molecule has 0 aliphatic heterocycles. The molecule has 4 nitrogen and oxygen atoms in total. The third-order valence-electron chi connectivity index (χ3n) is 3.96. The first-order chi connectivity index (χ1) is 9.16. The van der Waals surface area contributed by atoms with E-state index < -0.39 is 0 Å². The lowest BCUT2D eigenvalue weighted by atomic mass is 9.64. The fourth-order valence-corrected chi connectivity index (χ4v) is 2.70. The zero-order valence-corrected chi connectivity index (χ0v) is 11.8. The molecule has 0 heterocycles. The van der Waals surface area contributed by atoms with Gasteiger partial charge in [-0.2, -0.15) is 0 Å². The minimum atomic E-state index is -0.253. The Morgan fingerprint density at radius 3 is 2.53 bits per heavy atom. The van der Waals surface area contributed by atoms with E-state index >= 15 is 0 Å². The zero-order valence-electron chi connectivity index (χ0n) is 11.8. The van der Waals surface area contributed by atoms with Gasteiger partial charge in [0.05, 0.1) is 19.8 Å². The van der Waals surface area contributed by atoms with Crippen LogP contribution in [0.5, 0.6) is 11.5 Å². The Balaban J connectivity index is 2.32. The first-order valence-electron chi connectivity index (χ1n) is 6.58. The second-order valence-corrected chi connectivity index (χ2v) is 5.06. The number of carbonyl (C=O) groups is 1. The molecule has 1 aliphatic carbocycles. The third-order valence-corrected chi connectivity index (χ3v) is 3.96. The highest BCUT2D eigenvalue weighted by atomic mass is 16.5. The van der Waals surface area contributed by atoms with Gasteiger partial charge in [0.25, 0.3) is 0 Å². The molecule has 1 fully saturated rings. The van der Waals surface area contributed by atoms with Crippen LogP contribution in [-0.4, -0.2) is 33.6 Å². The van der Waals surface area contributed by atoms with Crippen molar-refractivity contribution < 1.29 is 14.3 Å². The smallest absolute Gasteiger partial charge is 0.173 e. The summed E-state index contributed by atoms with van der Waals surface area (Å²) in [7, 11) is 5.07. The summed E-state index contributed by atoms with van der Waals surface area (Å²) in [5.74, 6) is 1.46. The Morgan fingerprint density at radius 2 is 2.05 bits per heavy atom. The monoisotopic (exact) mass is 263 g/mol. The third kappa shape index (κ3) is 2.45. The first-order valence-corrected chi connectivity index (χ1v) is 6.58. The molecule has 104 valence electrons. The topological polar surface area (TPSA) is 47.6 Å². The van der Waals surface area contributed by atoms with Gasteiger partial charge < -0.3 is 14.8 Å². The van der Waals surface area contributed by atoms with Gasteiger partial charge in [-0.15, -0.1) is 0 Å². The Labute approximate surface area is 114 Å². The van der Waals surface area contributed by atoms with E-state index in [0.29, 0.717) is 17.1 Å². The second kappa shape index (κ2) is 5.61. The van der Waals surface area contributed by atoms with E-state index in [2.05, 4.69) is 5.32 Å². The van der Waals surface area contributed by atoms with Crippen LogP contribution in [0.2, 0.25) is 0 Å². The number of carbonyl (C=O) groups excluding carboxylic acids is 1. The number of ketones is 1. The largest absolute Gasteiger partial charge is 0.497 e. The second-order valence-electron chi connectivity index (χ2n) is 5.06. The number of hydrogen-bond acceptors (Lipinski definition) is 4. The molecule has 0 atom stereocenters. The van der Waals surface area contributed by atoms with Crippen LogP contribution in [0.25, 0.3) is 0 Å². The molecule has 0 saturated heterocycles. The van der Waals surface area contributed by atoms with Crippen molar-refractivity contribution in [2.24, 2.45) is 5.41 Å². The van der Waals surface area contributed by atoms with Gasteiger partial charge in [0.15, 0.2) is 5.78 Å². The molecule has 0 spiro atoms. The SMILES string of the molecule is CNCC1(C(=O)c2ccc(OC)cc2OC)CCC1. The molecule has 2 rings (SSSR count). The maximum Gasteiger partial charge on any atom is 0.173 e. The van der Waals surface area contributed by atoms with Gasteiger partial charge in [0.2, 0.25) is 0 Å². The molecular weight excluding hydrogens is 242 g/mol. The van der Waals surface area contributed by atoms with Crippen LogP contribution in [0, 0.1) is 5.41 Å². The van der Waals surface area contributed by atoms with Crippen molar-refractivity contribution >= 4 is 5.78 Å². The van der Waals surface area contributed by atoms with Crippen LogP contribution in [0.4, 0.5) is 0 Å². The van der Waals surface area contributed by atoms with E-state index in [4.69, 9.17) is 9.47 Å². The molecule has 1 aromatic carbocycles. The Kier molecular flexibility index (Phi) is 4.10. The molecule has 1 aliphatic rings. The molecule has 0 bridgehead atoms. The predicted octanol–water partition coefficient (Wildman–Crippen LogP) is 2.28. The summed E-state index contributed by atoms with van der Waals surface area (Å²) in [6.45, 7) is 0.723. The molecular formula is C15H21NO3. The molecule has 4 heteroatoms. The molecule has 1 N–H and O–H groups in total. The average Bonchev–Trinajstić information content (AvgIpc) is 2.41. The van der Waals surface area contributed by atoms with E-state index in [1.807, 2.05) is 13.1 Å².